The molecule has 1 heterocycles. The molecule has 0 radical (unpaired) electrons. The van der Waals surface area contributed by atoms with E-state index in [2.05, 4.69) is 49.6 Å². The number of amides is 1. The van der Waals surface area contributed by atoms with Crippen LogP contribution in [0.3, 0.4) is 0 Å². The fourth-order valence-corrected chi connectivity index (χ4v) is 4.69. The molecule has 1 aromatic heterocycles. The molecule has 0 bridgehead atoms. The third-order valence-electron chi connectivity index (χ3n) is 4.94. The third-order valence-corrected chi connectivity index (χ3v) is 6.15. The molecule has 136 valence electrons. The van der Waals surface area contributed by atoms with Crippen molar-refractivity contribution in [2.75, 3.05) is 18.9 Å². The summed E-state index contributed by atoms with van der Waals surface area (Å²) in [7, 11) is 2.11. The summed E-state index contributed by atoms with van der Waals surface area (Å²) in [5.74, 6) is 0.00310. The van der Waals surface area contributed by atoms with Gasteiger partial charge in [0.05, 0.1) is 25.6 Å². The van der Waals surface area contributed by atoms with Gasteiger partial charge < -0.3 is 10.2 Å². The topological polar surface area (TPSA) is 57.3 Å². The Kier molecular flexibility index (Phi) is 6.08. The summed E-state index contributed by atoms with van der Waals surface area (Å²) in [6.45, 7) is 3.76. The molecule has 1 unspecified atom stereocenters. The van der Waals surface area contributed by atoms with Gasteiger partial charge in [0.25, 0.3) is 0 Å². The number of benzene rings is 1. The average molecular weight is 369 g/mol. The maximum absolute atomic E-state index is 12.4. The number of nitriles is 1. The van der Waals surface area contributed by atoms with Crippen LogP contribution < -0.4 is 10.2 Å². The Labute approximate surface area is 159 Å². The van der Waals surface area contributed by atoms with Gasteiger partial charge >= 0.3 is 0 Å². The quantitative estimate of drug-likeness (QED) is 0.824. The first-order valence-electron chi connectivity index (χ1n) is 9.28. The minimum Gasteiger partial charge on any atom is -0.333 e. The fourth-order valence-electron chi connectivity index (χ4n) is 3.43. The first-order valence-corrected chi connectivity index (χ1v) is 10.1. The summed E-state index contributed by atoms with van der Waals surface area (Å²) in [4.78, 5) is 15.0. The van der Waals surface area contributed by atoms with Crippen LogP contribution in [0.15, 0.2) is 24.3 Å². The molecule has 1 aromatic carbocycles. The van der Waals surface area contributed by atoms with E-state index < -0.39 is 0 Å². The van der Waals surface area contributed by atoms with E-state index in [1.807, 2.05) is 0 Å². The van der Waals surface area contributed by atoms with Gasteiger partial charge in [0.2, 0.25) is 5.91 Å². The minimum atomic E-state index is 0.00310. The highest BCUT2D eigenvalue weighted by Gasteiger charge is 2.22. The van der Waals surface area contributed by atoms with E-state index in [0.29, 0.717) is 12.0 Å². The van der Waals surface area contributed by atoms with Crippen molar-refractivity contribution in [2.45, 2.75) is 45.6 Å². The lowest BCUT2D eigenvalue weighted by Crippen LogP contribution is -3.07. The van der Waals surface area contributed by atoms with Crippen LogP contribution in [0.4, 0.5) is 5.00 Å². The van der Waals surface area contributed by atoms with Gasteiger partial charge in [-0.3, -0.25) is 4.79 Å². The number of nitrogens with zero attached hydrogens (tertiary/aromatic N) is 1. The summed E-state index contributed by atoms with van der Waals surface area (Å²) in [6.07, 6.45) is 4.78. The normalized spacial score (nSPS) is 14.3. The van der Waals surface area contributed by atoms with Gasteiger partial charge in [-0.2, -0.15) is 5.26 Å². The van der Waals surface area contributed by atoms with Crippen molar-refractivity contribution in [2.24, 2.45) is 0 Å². The zero-order chi connectivity index (χ0) is 18.5. The van der Waals surface area contributed by atoms with Crippen molar-refractivity contribution < 1.29 is 9.69 Å². The maximum Gasteiger partial charge on any atom is 0.230 e. The first-order chi connectivity index (χ1) is 12.6. The number of hydrogen-bond acceptors (Lipinski definition) is 3. The average Bonchev–Trinajstić information content (AvgIpc) is 2.99. The van der Waals surface area contributed by atoms with E-state index >= 15 is 0 Å². The molecule has 2 aromatic rings. The van der Waals surface area contributed by atoms with Crippen LogP contribution in [0, 0.1) is 18.3 Å². The molecular weight excluding hydrogens is 342 g/mol. The van der Waals surface area contributed by atoms with Crippen molar-refractivity contribution in [1.82, 2.24) is 0 Å². The predicted molar refractivity (Wildman–Crippen MR) is 106 cm³/mol. The number of carbonyl (C=O) groups is 1. The Balaban J connectivity index is 1.53. The number of aryl methyl sites for hydroxylation is 2. The largest absolute Gasteiger partial charge is 0.333 e. The number of carbonyl (C=O) groups excluding carboxylic acids is 1. The molecule has 0 saturated heterocycles. The van der Waals surface area contributed by atoms with E-state index in [4.69, 9.17) is 0 Å². The van der Waals surface area contributed by atoms with E-state index in [0.717, 1.165) is 37.4 Å². The lowest BCUT2D eigenvalue weighted by molar-refractivity contribution is -0.893. The monoisotopic (exact) mass is 368 g/mol. The van der Waals surface area contributed by atoms with Crippen LogP contribution in [-0.4, -0.2) is 19.5 Å². The Morgan fingerprint density at radius 2 is 2.00 bits per heavy atom. The van der Waals surface area contributed by atoms with Crippen molar-refractivity contribution in [3.8, 4) is 6.07 Å². The van der Waals surface area contributed by atoms with E-state index in [9.17, 15) is 10.1 Å². The van der Waals surface area contributed by atoms with Crippen LogP contribution in [0.2, 0.25) is 0 Å². The molecule has 1 aliphatic rings. The Morgan fingerprint density at radius 3 is 2.73 bits per heavy atom. The van der Waals surface area contributed by atoms with Crippen LogP contribution in [-0.2, 0) is 24.2 Å². The highest BCUT2D eigenvalue weighted by molar-refractivity contribution is 7.16. The molecule has 2 N–H and O–H groups in total. The smallest absolute Gasteiger partial charge is 0.230 e. The molecule has 0 fully saturated rings. The SMILES string of the molecule is Cc1ccc(C[NH+](C)CCC(=O)Nc2sc3c(c2C#N)CCCC3)cc1. The van der Waals surface area contributed by atoms with Crippen molar-refractivity contribution in [1.29, 1.82) is 5.26 Å². The summed E-state index contributed by atoms with van der Waals surface area (Å²) >= 11 is 1.59. The van der Waals surface area contributed by atoms with Gasteiger partial charge in [-0.05, 0) is 38.2 Å². The summed E-state index contributed by atoms with van der Waals surface area (Å²) < 4.78 is 0. The van der Waals surface area contributed by atoms with Gasteiger partial charge in [0, 0.05) is 10.4 Å². The molecule has 1 aliphatic carbocycles. The summed E-state index contributed by atoms with van der Waals surface area (Å²) in [5, 5.41) is 13.2. The molecule has 0 saturated carbocycles. The number of nitrogens with one attached hydrogen (secondary N) is 2. The van der Waals surface area contributed by atoms with Crippen molar-refractivity contribution in [3.63, 3.8) is 0 Å². The van der Waals surface area contributed by atoms with Gasteiger partial charge in [0.15, 0.2) is 0 Å². The van der Waals surface area contributed by atoms with E-state index in [1.165, 1.54) is 32.9 Å². The molecule has 1 amide bonds. The molecule has 0 aliphatic heterocycles. The number of quaternary nitrogens is 1. The molecular formula is C21H26N3OS+. The summed E-state index contributed by atoms with van der Waals surface area (Å²) in [6, 6.07) is 10.8. The maximum atomic E-state index is 12.4. The second-order valence-electron chi connectivity index (χ2n) is 7.19. The number of rotatable bonds is 6. The molecule has 3 rings (SSSR count). The predicted octanol–water partition coefficient (Wildman–Crippen LogP) is 2.85. The second-order valence-corrected chi connectivity index (χ2v) is 8.30. The fraction of sp³-hybridized carbons (Fsp3) is 0.429. The number of thiophene rings is 1. The van der Waals surface area contributed by atoms with Crippen LogP contribution >= 0.6 is 11.3 Å². The number of fused-ring (bicyclic) bond motifs is 1. The molecule has 5 heteroatoms. The Bertz CT molecular complexity index is 817. The van der Waals surface area contributed by atoms with Crippen molar-refractivity contribution in [3.05, 3.63) is 51.4 Å². The van der Waals surface area contributed by atoms with E-state index in [1.54, 1.807) is 11.3 Å². The standard InChI is InChI=1S/C21H25N3OS/c1-15-7-9-16(10-8-15)14-24(2)12-11-20(25)23-21-18(13-22)17-5-3-4-6-19(17)26-21/h7-10H,3-6,11-12,14H2,1-2H3,(H,23,25)/p+1. The zero-order valence-corrected chi connectivity index (χ0v) is 16.3. The van der Waals surface area contributed by atoms with Gasteiger partial charge in [0.1, 0.15) is 17.6 Å². The third kappa shape index (κ3) is 4.51. The minimum absolute atomic E-state index is 0.00310. The molecule has 4 nitrogen and oxygen atoms in total. The zero-order valence-electron chi connectivity index (χ0n) is 15.5. The van der Waals surface area contributed by atoms with Crippen molar-refractivity contribution >= 4 is 22.2 Å². The van der Waals surface area contributed by atoms with Gasteiger partial charge in [-0.15, -0.1) is 11.3 Å². The highest BCUT2D eigenvalue weighted by Crippen LogP contribution is 2.37. The summed E-state index contributed by atoms with van der Waals surface area (Å²) in [5.41, 5.74) is 4.41. The van der Waals surface area contributed by atoms with E-state index in [-0.39, 0.29) is 5.91 Å². The highest BCUT2D eigenvalue weighted by atomic mass is 32.1. The molecule has 1 atom stereocenters. The van der Waals surface area contributed by atoms with Gasteiger partial charge in [-0.1, -0.05) is 29.8 Å². The molecule has 0 spiro atoms. The van der Waals surface area contributed by atoms with Crippen LogP contribution in [0.5, 0.6) is 0 Å². The van der Waals surface area contributed by atoms with Gasteiger partial charge in [-0.25, -0.2) is 0 Å². The molecule has 26 heavy (non-hydrogen) atoms. The Morgan fingerprint density at radius 1 is 1.27 bits per heavy atom. The first kappa shape index (κ1) is 18.6. The lowest BCUT2D eigenvalue weighted by atomic mass is 9.96. The lowest BCUT2D eigenvalue weighted by Gasteiger charge is -2.14. The van der Waals surface area contributed by atoms with Crippen LogP contribution in [0.25, 0.3) is 0 Å². The number of anilines is 1. The van der Waals surface area contributed by atoms with Crippen LogP contribution in [0.1, 0.15) is 46.4 Å². The second kappa shape index (κ2) is 8.48. The Hall–Kier alpha value is -2.16. The number of hydrogen-bond donors (Lipinski definition) is 2.